The van der Waals surface area contributed by atoms with E-state index in [9.17, 15) is 4.79 Å². The summed E-state index contributed by atoms with van der Waals surface area (Å²) in [7, 11) is 0. The van der Waals surface area contributed by atoms with Crippen molar-refractivity contribution in [3.8, 4) is 0 Å². The van der Waals surface area contributed by atoms with Crippen molar-refractivity contribution in [2.75, 3.05) is 6.54 Å². The number of thiophene rings is 1. The molecule has 18 heavy (non-hydrogen) atoms. The second-order valence-corrected chi connectivity index (χ2v) is 4.91. The van der Waals surface area contributed by atoms with Gasteiger partial charge < -0.3 is 15.2 Å². The van der Waals surface area contributed by atoms with Gasteiger partial charge in [0.25, 0.3) is 0 Å². The maximum absolute atomic E-state index is 11.5. The Balaban J connectivity index is 1.63. The molecule has 2 aromatic rings. The van der Waals surface area contributed by atoms with E-state index in [1.54, 1.807) is 11.3 Å². The van der Waals surface area contributed by atoms with Crippen LogP contribution in [0, 0.1) is 6.92 Å². The molecule has 0 saturated carbocycles. The zero-order chi connectivity index (χ0) is 12.8. The number of hydrogen-bond donors (Lipinski definition) is 2. The van der Waals surface area contributed by atoms with Crippen LogP contribution in [-0.4, -0.2) is 17.7 Å². The van der Waals surface area contributed by atoms with Gasteiger partial charge in [-0.1, -0.05) is 11.2 Å². The molecule has 0 atom stereocenters. The molecule has 5 nitrogen and oxygen atoms in total. The molecule has 0 spiro atoms. The van der Waals surface area contributed by atoms with Gasteiger partial charge in [0.05, 0.1) is 12.2 Å². The van der Waals surface area contributed by atoms with E-state index in [1.165, 1.54) is 0 Å². The van der Waals surface area contributed by atoms with Crippen molar-refractivity contribution in [1.82, 2.24) is 15.8 Å². The second-order valence-electron chi connectivity index (χ2n) is 3.87. The Kier molecular flexibility index (Phi) is 4.35. The summed E-state index contributed by atoms with van der Waals surface area (Å²) in [5.41, 5.74) is 0.854. The highest BCUT2D eigenvalue weighted by atomic mass is 32.1. The number of aromatic nitrogens is 1. The molecule has 2 N–H and O–H groups in total. The highest BCUT2D eigenvalue weighted by Gasteiger charge is 2.03. The Hall–Kier alpha value is -1.82. The van der Waals surface area contributed by atoms with Crippen LogP contribution in [0.2, 0.25) is 0 Å². The minimum absolute atomic E-state index is 0.167. The van der Waals surface area contributed by atoms with Gasteiger partial charge in [0.15, 0.2) is 0 Å². The molecule has 0 fully saturated rings. The molecule has 0 aliphatic heterocycles. The molecular formula is C12H15N3O2S. The fourth-order valence-corrected chi connectivity index (χ4v) is 2.12. The highest BCUT2D eigenvalue weighted by Crippen LogP contribution is 2.07. The molecule has 0 saturated heterocycles. The molecule has 0 aliphatic rings. The van der Waals surface area contributed by atoms with Crippen molar-refractivity contribution >= 4 is 17.4 Å². The first-order chi connectivity index (χ1) is 8.74. The van der Waals surface area contributed by atoms with Gasteiger partial charge in [0.2, 0.25) is 0 Å². The third-order valence-electron chi connectivity index (χ3n) is 2.34. The number of carbonyl (C=O) groups excluding carboxylic acids is 1. The van der Waals surface area contributed by atoms with Crippen LogP contribution in [0.1, 0.15) is 16.3 Å². The maximum Gasteiger partial charge on any atom is 0.315 e. The standard InChI is InChI=1S/C12H15N3O2S/c1-9-7-10(17-15-9)4-5-13-12(16)14-8-11-3-2-6-18-11/h2-3,6-7H,4-5,8H2,1H3,(H2,13,14,16). The Morgan fingerprint density at radius 2 is 2.39 bits per heavy atom. The summed E-state index contributed by atoms with van der Waals surface area (Å²) in [6.07, 6.45) is 0.646. The number of aryl methyl sites for hydroxylation is 1. The first-order valence-corrected chi connectivity index (χ1v) is 6.58. The Bertz CT molecular complexity index is 493. The Labute approximate surface area is 109 Å². The van der Waals surface area contributed by atoms with Gasteiger partial charge in [-0.3, -0.25) is 0 Å². The SMILES string of the molecule is Cc1cc(CCNC(=O)NCc2cccs2)on1. The number of nitrogens with one attached hydrogen (secondary N) is 2. The van der Waals surface area contributed by atoms with Crippen LogP contribution < -0.4 is 10.6 Å². The van der Waals surface area contributed by atoms with Gasteiger partial charge in [-0.2, -0.15) is 0 Å². The predicted molar refractivity (Wildman–Crippen MR) is 69.5 cm³/mol. The average molecular weight is 265 g/mol. The third kappa shape index (κ3) is 3.89. The molecule has 0 bridgehead atoms. The van der Waals surface area contributed by atoms with E-state index in [0.29, 0.717) is 19.5 Å². The van der Waals surface area contributed by atoms with Crippen molar-refractivity contribution < 1.29 is 9.32 Å². The summed E-state index contributed by atoms with van der Waals surface area (Å²) in [6.45, 7) is 2.96. The van der Waals surface area contributed by atoms with E-state index >= 15 is 0 Å². The molecule has 2 rings (SSSR count). The summed E-state index contributed by atoms with van der Waals surface area (Å²) in [5, 5.41) is 11.3. The average Bonchev–Trinajstić information content (AvgIpc) is 2.98. The quantitative estimate of drug-likeness (QED) is 0.869. The predicted octanol–water partition coefficient (Wildman–Crippen LogP) is 2.09. The number of nitrogens with zero attached hydrogens (tertiary/aromatic N) is 1. The molecule has 0 aliphatic carbocycles. The van der Waals surface area contributed by atoms with Crippen molar-refractivity contribution in [3.63, 3.8) is 0 Å². The van der Waals surface area contributed by atoms with Crippen molar-refractivity contribution in [1.29, 1.82) is 0 Å². The number of amides is 2. The normalized spacial score (nSPS) is 10.3. The van der Waals surface area contributed by atoms with E-state index in [0.717, 1.165) is 16.3 Å². The first-order valence-electron chi connectivity index (χ1n) is 5.70. The largest absolute Gasteiger partial charge is 0.361 e. The number of rotatable bonds is 5. The monoisotopic (exact) mass is 265 g/mol. The zero-order valence-electron chi connectivity index (χ0n) is 10.1. The topological polar surface area (TPSA) is 67.2 Å². The van der Waals surface area contributed by atoms with E-state index in [2.05, 4.69) is 15.8 Å². The van der Waals surface area contributed by atoms with E-state index in [1.807, 2.05) is 30.5 Å². The fraction of sp³-hybridized carbons (Fsp3) is 0.333. The lowest BCUT2D eigenvalue weighted by Crippen LogP contribution is -2.35. The molecule has 0 aromatic carbocycles. The van der Waals surface area contributed by atoms with Crippen molar-refractivity contribution in [2.24, 2.45) is 0 Å². The molecule has 2 amide bonds. The molecule has 2 heterocycles. The summed E-state index contributed by atoms with van der Waals surface area (Å²) >= 11 is 1.62. The first kappa shape index (κ1) is 12.6. The van der Waals surface area contributed by atoms with Gasteiger partial charge in [-0.15, -0.1) is 11.3 Å². The highest BCUT2D eigenvalue weighted by molar-refractivity contribution is 7.09. The van der Waals surface area contributed by atoms with Crippen LogP contribution >= 0.6 is 11.3 Å². The summed E-state index contributed by atoms with van der Waals surface area (Å²) in [6, 6.07) is 5.65. The molecule has 6 heteroatoms. The van der Waals surface area contributed by atoms with Gasteiger partial charge >= 0.3 is 6.03 Å². The van der Waals surface area contributed by atoms with Gasteiger partial charge in [-0.05, 0) is 18.4 Å². The number of hydrogen-bond acceptors (Lipinski definition) is 4. The smallest absolute Gasteiger partial charge is 0.315 e. The minimum atomic E-state index is -0.167. The summed E-state index contributed by atoms with van der Waals surface area (Å²) in [5.74, 6) is 0.783. The minimum Gasteiger partial charge on any atom is -0.361 e. The lowest BCUT2D eigenvalue weighted by Gasteiger charge is -2.05. The fourth-order valence-electron chi connectivity index (χ4n) is 1.48. The Morgan fingerprint density at radius 1 is 1.50 bits per heavy atom. The van der Waals surface area contributed by atoms with Gasteiger partial charge in [0, 0.05) is 23.9 Å². The van der Waals surface area contributed by atoms with Gasteiger partial charge in [-0.25, -0.2) is 4.79 Å². The summed E-state index contributed by atoms with van der Waals surface area (Å²) < 4.78 is 5.04. The van der Waals surface area contributed by atoms with Gasteiger partial charge in [0.1, 0.15) is 5.76 Å². The number of urea groups is 1. The van der Waals surface area contributed by atoms with Crippen LogP contribution in [0.5, 0.6) is 0 Å². The van der Waals surface area contributed by atoms with Crippen LogP contribution in [0.4, 0.5) is 4.79 Å². The third-order valence-corrected chi connectivity index (χ3v) is 3.21. The lowest BCUT2D eigenvalue weighted by atomic mass is 10.3. The Morgan fingerprint density at radius 3 is 3.06 bits per heavy atom. The van der Waals surface area contributed by atoms with E-state index in [4.69, 9.17) is 4.52 Å². The molecule has 96 valence electrons. The zero-order valence-corrected chi connectivity index (χ0v) is 10.9. The maximum atomic E-state index is 11.5. The summed E-state index contributed by atoms with van der Waals surface area (Å²) in [4.78, 5) is 12.6. The van der Waals surface area contributed by atoms with Crippen LogP contribution in [-0.2, 0) is 13.0 Å². The molecular weight excluding hydrogens is 250 g/mol. The van der Waals surface area contributed by atoms with Crippen LogP contribution in [0.15, 0.2) is 28.1 Å². The van der Waals surface area contributed by atoms with Crippen molar-refractivity contribution in [2.45, 2.75) is 19.9 Å². The molecule has 0 radical (unpaired) electrons. The molecule has 2 aromatic heterocycles. The van der Waals surface area contributed by atoms with Crippen LogP contribution in [0.3, 0.4) is 0 Å². The molecule has 0 unspecified atom stereocenters. The lowest BCUT2D eigenvalue weighted by molar-refractivity contribution is 0.240. The second kappa shape index (κ2) is 6.20. The number of carbonyl (C=O) groups is 1. The van der Waals surface area contributed by atoms with Crippen LogP contribution in [0.25, 0.3) is 0 Å². The van der Waals surface area contributed by atoms with E-state index in [-0.39, 0.29) is 6.03 Å². The van der Waals surface area contributed by atoms with Crippen molar-refractivity contribution in [3.05, 3.63) is 39.9 Å². The van der Waals surface area contributed by atoms with E-state index < -0.39 is 0 Å².